The van der Waals surface area contributed by atoms with Crippen molar-refractivity contribution >= 4 is 29.1 Å². The van der Waals surface area contributed by atoms with Gasteiger partial charge in [0.15, 0.2) is 11.4 Å². The number of hydrogen-bond donors (Lipinski definition) is 2. The first-order chi connectivity index (χ1) is 12.6. The highest BCUT2D eigenvalue weighted by atomic mass is 35.5. The van der Waals surface area contributed by atoms with Crippen molar-refractivity contribution in [2.24, 2.45) is 5.73 Å². The van der Waals surface area contributed by atoms with E-state index in [0.29, 0.717) is 40.3 Å². The molecule has 0 spiro atoms. The maximum absolute atomic E-state index is 12.0. The molecule has 3 aromatic rings. The standard InChI is InChI=1S/C17H15Cl2N5O2/c18-11-5-6-15(12(19)9-11)26-16-4-2-1-3-14(16)24-10-13(22-23-24)17(25)21-8-7-20/h1-6,9-10H,7-8,20H2,(H,21,25). The van der Waals surface area contributed by atoms with E-state index in [1.807, 2.05) is 12.1 Å². The molecular formula is C17H15Cl2N5O2. The number of benzene rings is 2. The second-order valence-electron chi connectivity index (χ2n) is 5.24. The molecule has 2 aromatic carbocycles. The molecule has 0 saturated carbocycles. The number of carbonyl (C=O) groups is 1. The lowest BCUT2D eigenvalue weighted by atomic mass is 10.3. The molecule has 1 heterocycles. The average Bonchev–Trinajstić information content (AvgIpc) is 3.12. The molecule has 0 saturated heterocycles. The molecule has 0 unspecified atom stereocenters. The van der Waals surface area contributed by atoms with Crippen molar-refractivity contribution in [3.8, 4) is 17.2 Å². The minimum Gasteiger partial charge on any atom is -0.454 e. The number of aromatic nitrogens is 3. The summed E-state index contributed by atoms with van der Waals surface area (Å²) in [6.07, 6.45) is 1.51. The van der Waals surface area contributed by atoms with Gasteiger partial charge in [-0.05, 0) is 30.3 Å². The lowest BCUT2D eigenvalue weighted by molar-refractivity contribution is 0.0949. The first kappa shape index (κ1) is 18.2. The molecule has 3 rings (SSSR count). The zero-order chi connectivity index (χ0) is 18.5. The van der Waals surface area contributed by atoms with Crippen LogP contribution in [0.15, 0.2) is 48.7 Å². The maximum Gasteiger partial charge on any atom is 0.273 e. The van der Waals surface area contributed by atoms with Crippen LogP contribution in [0, 0.1) is 0 Å². The maximum atomic E-state index is 12.0. The summed E-state index contributed by atoms with van der Waals surface area (Å²) >= 11 is 12.1. The molecule has 134 valence electrons. The lowest BCUT2D eigenvalue weighted by Crippen LogP contribution is -2.29. The van der Waals surface area contributed by atoms with Gasteiger partial charge in [0.25, 0.3) is 5.91 Å². The Kier molecular flexibility index (Phi) is 5.72. The van der Waals surface area contributed by atoms with Gasteiger partial charge in [-0.25, -0.2) is 4.68 Å². The van der Waals surface area contributed by atoms with Crippen molar-refractivity contribution < 1.29 is 9.53 Å². The van der Waals surface area contributed by atoms with Crippen molar-refractivity contribution in [2.75, 3.05) is 13.1 Å². The molecule has 26 heavy (non-hydrogen) atoms. The highest BCUT2D eigenvalue weighted by Gasteiger charge is 2.14. The lowest BCUT2D eigenvalue weighted by Gasteiger charge is -2.11. The first-order valence-electron chi connectivity index (χ1n) is 7.71. The van der Waals surface area contributed by atoms with Crippen LogP contribution in [0.2, 0.25) is 10.0 Å². The monoisotopic (exact) mass is 391 g/mol. The highest BCUT2D eigenvalue weighted by Crippen LogP contribution is 2.34. The van der Waals surface area contributed by atoms with Crippen LogP contribution in [-0.4, -0.2) is 34.0 Å². The fourth-order valence-corrected chi connectivity index (χ4v) is 2.62. The van der Waals surface area contributed by atoms with Crippen molar-refractivity contribution in [1.29, 1.82) is 0 Å². The zero-order valence-corrected chi connectivity index (χ0v) is 15.0. The number of hydrogen-bond acceptors (Lipinski definition) is 5. The van der Waals surface area contributed by atoms with E-state index in [1.54, 1.807) is 30.3 Å². The number of nitrogens with one attached hydrogen (secondary N) is 1. The topological polar surface area (TPSA) is 95.1 Å². The summed E-state index contributed by atoms with van der Waals surface area (Å²) < 4.78 is 7.34. The van der Waals surface area contributed by atoms with E-state index in [2.05, 4.69) is 15.6 Å². The molecule has 1 amide bonds. The van der Waals surface area contributed by atoms with Gasteiger partial charge in [-0.2, -0.15) is 0 Å². The number of carbonyl (C=O) groups excluding carboxylic acids is 1. The van der Waals surface area contributed by atoms with Crippen LogP contribution in [0.3, 0.4) is 0 Å². The summed E-state index contributed by atoms with van der Waals surface area (Å²) in [5.41, 5.74) is 6.15. The van der Waals surface area contributed by atoms with Crippen LogP contribution in [0.25, 0.3) is 5.69 Å². The van der Waals surface area contributed by atoms with Gasteiger partial charge in [0.05, 0.1) is 11.2 Å². The summed E-state index contributed by atoms with van der Waals surface area (Å²) in [6, 6.07) is 12.1. The number of rotatable bonds is 6. The Labute approximate surface area is 159 Å². The second kappa shape index (κ2) is 8.18. The molecule has 7 nitrogen and oxygen atoms in total. The average molecular weight is 392 g/mol. The van der Waals surface area contributed by atoms with Gasteiger partial charge in [-0.3, -0.25) is 4.79 Å². The van der Waals surface area contributed by atoms with E-state index in [4.69, 9.17) is 33.7 Å². The highest BCUT2D eigenvalue weighted by molar-refractivity contribution is 6.35. The minimum atomic E-state index is -0.346. The van der Waals surface area contributed by atoms with Crippen molar-refractivity contribution in [3.63, 3.8) is 0 Å². The molecule has 0 atom stereocenters. The number of nitrogens with zero attached hydrogens (tertiary/aromatic N) is 3. The van der Waals surface area contributed by atoms with Crippen molar-refractivity contribution in [2.45, 2.75) is 0 Å². The van der Waals surface area contributed by atoms with Crippen LogP contribution < -0.4 is 15.8 Å². The molecule has 9 heteroatoms. The summed E-state index contributed by atoms with van der Waals surface area (Å²) in [7, 11) is 0. The molecule has 0 aliphatic rings. The summed E-state index contributed by atoms with van der Waals surface area (Å²) in [4.78, 5) is 12.0. The molecule has 0 aliphatic heterocycles. The zero-order valence-electron chi connectivity index (χ0n) is 13.5. The molecule has 1 aromatic heterocycles. The quantitative estimate of drug-likeness (QED) is 0.672. The summed E-state index contributed by atoms with van der Waals surface area (Å²) in [6.45, 7) is 0.707. The number of ether oxygens (including phenoxy) is 1. The predicted molar refractivity (Wildman–Crippen MR) is 99.3 cm³/mol. The molecule has 0 bridgehead atoms. The Morgan fingerprint density at radius 2 is 2.00 bits per heavy atom. The van der Waals surface area contributed by atoms with E-state index >= 15 is 0 Å². The van der Waals surface area contributed by atoms with E-state index < -0.39 is 0 Å². The molecular weight excluding hydrogens is 377 g/mol. The van der Waals surface area contributed by atoms with Crippen LogP contribution in [0.5, 0.6) is 11.5 Å². The molecule has 3 N–H and O–H groups in total. The van der Waals surface area contributed by atoms with Crippen LogP contribution in [-0.2, 0) is 0 Å². The fraction of sp³-hybridized carbons (Fsp3) is 0.118. The van der Waals surface area contributed by atoms with E-state index in [9.17, 15) is 4.79 Å². The van der Waals surface area contributed by atoms with Crippen LogP contribution in [0.4, 0.5) is 0 Å². The number of amides is 1. The smallest absolute Gasteiger partial charge is 0.273 e. The molecule has 0 fully saturated rings. The number of nitrogens with two attached hydrogens (primary N) is 1. The van der Waals surface area contributed by atoms with Gasteiger partial charge in [-0.15, -0.1) is 5.10 Å². The Bertz CT molecular complexity index is 929. The van der Waals surface area contributed by atoms with E-state index in [-0.39, 0.29) is 11.6 Å². The Morgan fingerprint density at radius 3 is 2.77 bits per heavy atom. The summed E-state index contributed by atoms with van der Waals surface area (Å²) in [5, 5.41) is 11.4. The van der Waals surface area contributed by atoms with Crippen LogP contribution >= 0.6 is 23.2 Å². The van der Waals surface area contributed by atoms with Crippen molar-refractivity contribution in [1.82, 2.24) is 20.3 Å². The Morgan fingerprint density at radius 1 is 1.19 bits per heavy atom. The summed E-state index contributed by atoms with van der Waals surface area (Å²) in [5.74, 6) is 0.598. The minimum absolute atomic E-state index is 0.178. The van der Waals surface area contributed by atoms with Gasteiger partial charge < -0.3 is 15.8 Å². The van der Waals surface area contributed by atoms with Gasteiger partial charge in [-0.1, -0.05) is 40.5 Å². The van der Waals surface area contributed by atoms with Crippen molar-refractivity contribution in [3.05, 3.63) is 64.4 Å². The number of para-hydroxylation sites is 2. The third-order valence-electron chi connectivity index (χ3n) is 3.38. The SMILES string of the molecule is NCCNC(=O)c1cn(-c2ccccc2Oc2ccc(Cl)cc2Cl)nn1. The normalized spacial score (nSPS) is 10.6. The van der Waals surface area contributed by atoms with E-state index in [1.165, 1.54) is 10.9 Å². The largest absolute Gasteiger partial charge is 0.454 e. The third-order valence-corrected chi connectivity index (χ3v) is 3.91. The Hall–Kier alpha value is -2.61. The second-order valence-corrected chi connectivity index (χ2v) is 6.08. The van der Waals surface area contributed by atoms with Gasteiger partial charge in [0.1, 0.15) is 11.4 Å². The van der Waals surface area contributed by atoms with Gasteiger partial charge >= 0.3 is 0 Å². The fourth-order valence-electron chi connectivity index (χ4n) is 2.17. The van der Waals surface area contributed by atoms with E-state index in [0.717, 1.165) is 0 Å². The van der Waals surface area contributed by atoms with Gasteiger partial charge in [0, 0.05) is 18.1 Å². The van der Waals surface area contributed by atoms with Crippen LogP contribution in [0.1, 0.15) is 10.5 Å². The molecule has 0 aliphatic carbocycles. The third kappa shape index (κ3) is 4.13. The van der Waals surface area contributed by atoms with Gasteiger partial charge in [0.2, 0.25) is 0 Å². The predicted octanol–water partition coefficient (Wildman–Crippen LogP) is 3.05. The molecule has 0 radical (unpaired) electrons. The number of halogens is 2. The Balaban J connectivity index is 1.88. The first-order valence-corrected chi connectivity index (χ1v) is 8.47.